The highest BCUT2D eigenvalue weighted by Crippen LogP contribution is 2.21. The summed E-state index contributed by atoms with van der Waals surface area (Å²) in [7, 11) is 1.54. The van der Waals surface area contributed by atoms with Crippen molar-refractivity contribution in [3.05, 3.63) is 34.9 Å². The van der Waals surface area contributed by atoms with E-state index < -0.39 is 0 Å². The number of rotatable bonds is 0. The molecule has 0 bridgehead atoms. The molecule has 1 N–H and O–H groups in total. The van der Waals surface area contributed by atoms with E-state index in [0.29, 0.717) is 0 Å². The lowest BCUT2D eigenvalue weighted by Crippen LogP contribution is -2.30. The normalized spacial score (nSPS) is 12.7. The van der Waals surface area contributed by atoms with E-state index in [2.05, 4.69) is 30.4 Å². The Bertz CT molecular complexity index is 447. The lowest BCUT2D eigenvalue weighted by Gasteiger charge is -2.18. The van der Waals surface area contributed by atoms with Crippen LogP contribution < -0.4 is 5.32 Å². The Morgan fingerprint density at radius 1 is 1.09 bits per heavy atom. The van der Waals surface area contributed by atoms with Crippen LogP contribution in [0, 0.1) is 6.92 Å². The van der Waals surface area contributed by atoms with Gasteiger partial charge < -0.3 is 10.1 Å². The fourth-order valence-electron chi connectivity index (χ4n) is 2.19. The first-order valence-corrected chi connectivity index (χ1v) is 8.31. The molecule has 0 aromatic heterocycles. The highest BCUT2D eigenvalue weighted by atomic mass is 16.6. The highest BCUT2D eigenvalue weighted by Gasteiger charge is 2.14. The fourth-order valence-corrected chi connectivity index (χ4v) is 2.19. The molecule has 1 aliphatic carbocycles. The zero-order valence-corrected chi connectivity index (χ0v) is 15.4. The van der Waals surface area contributed by atoms with Crippen LogP contribution in [0.4, 0.5) is 4.79 Å². The molecule has 0 atom stereocenters. The predicted molar refractivity (Wildman–Crippen MR) is 94.5 cm³/mol. The summed E-state index contributed by atoms with van der Waals surface area (Å²) in [5.74, 6) is 0. The molecular formula is C19H33NO2. The van der Waals surface area contributed by atoms with E-state index in [1.807, 2.05) is 34.6 Å². The molecule has 0 spiro atoms. The summed E-state index contributed by atoms with van der Waals surface area (Å²) in [6.45, 7) is 11.6. The largest absolute Gasteiger partial charge is 0.444 e. The minimum atomic E-state index is -0.389. The minimum Gasteiger partial charge on any atom is -0.444 e. The molecule has 0 radical (unpaired) electrons. The maximum atomic E-state index is 10.5. The van der Waals surface area contributed by atoms with Crippen molar-refractivity contribution in [2.45, 2.75) is 72.8 Å². The molecule has 1 aromatic rings. The first-order valence-electron chi connectivity index (χ1n) is 8.31. The summed E-state index contributed by atoms with van der Waals surface area (Å²) in [5, 5.41) is 2.36. The van der Waals surface area contributed by atoms with Gasteiger partial charge in [0, 0.05) is 7.05 Å². The summed E-state index contributed by atoms with van der Waals surface area (Å²) >= 11 is 0. The topological polar surface area (TPSA) is 38.3 Å². The van der Waals surface area contributed by atoms with Gasteiger partial charge in [0.1, 0.15) is 5.60 Å². The summed E-state index contributed by atoms with van der Waals surface area (Å²) < 4.78 is 4.84. The molecule has 126 valence electrons. The van der Waals surface area contributed by atoms with Crippen molar-refractivity contribution in [1.29, 1.82) is 0 Å². The van der Waals surface area contributed by atoms with Gasteiger partial charge in [0.25, 0.3) is 0 Å². The number of ether oxygens (including phenoxy) is 1. The third-order valence-corrected chi connectivity index (χ3v) is 3.11. The fraction of sp³-hybridized carbons (Fsp3) is 0.632. The van der Waals surface area contributed by atoms with Gasteiger partial charge in [0.2, 0.25) is 0 Å². The van der Waals surface area contributed by atoms with Crippen LogP contribution in [0.5, 0.6) is 0 Å². The number of benzene rings is 1. The third-order valence-electron chi connectivity index (χ3n) is 3.11. The monoisotopic (exact) mass is 307 g/mol. The average Bonchev–Trinajstić information content (AvgIpc) is 2.48. The van der Waals surface area contributed by atoms with Crippen LogP contribution in [0.2, 0.25) is 0 Å². The first kappa shape index (κ1) is 20.5. The number of alkyl carbamates (subject to hydrolysis) is 1. The first-order chi connectivity index (χ1) is 10.3. The van der Waals surface area contributed by atoms with Gasteiger partial charge in [-0.15, -0.1) is 0 Å². The van der Waals surface area contributed by atoms with Gasteiger partial charge in [0.05, 0.1) is 0 Å². The number of carbonyl (C=O) groups is 1. The van der Waals surface area contributed by atoms with Crippen LogP contribution in [0.15, 0.2) is 18.2 Å². The molecule has 0 saturated carbocycles. The summed E-state index contributed by atoms with van der Waals surface area (Å²) in [6.07, 6.45) is 4.99. The number of hydrogen-bond donors (Lipinski definition) is 1. The number of fused-ring (bicyclic) bond motifs is 1. The average molecular weight is 307 g/mol. The van der Waals surface area contributed by atoms with Crippen molar-refractivity contribution < 1.29 is 9.53 Å². The molecule has 22 heavy (non-hydrogen) atoms. The van der Waals surface area contributed by atoms with Crippen molar-refractivity contribution in [2.75, 3.05) is 7.05 Å². The molecular weight excluding hydrogens is 274 g/mol. The molecule has 0 heterocycles. The highest BCUT2D eigenvalue weighted by molar-refractivity contribution is 5.67. The molecule has 0 fully saturated rings. The minimum absolute atomic E-state index is 0.387. The molecule has 2 rings (SSSR count). The van der Waals surface area contributed by atoms with Crippen LogP contribution in [0.1, 0.15) is 64.2 Å². The summed E-state index contributed by atoms with van der Waals surface area (Å²) in [5.41, 5.74) is 4.20. The number of hydrogen-bond acceptors (Lipinski definition) is 2. The van der Waals surface area contributed by atoms with Crippen molar-refractivity contribution >= 4 is 6.09 Å². The van der Waals surface area contributed by atoms with Gasteiger partial charge in [-0.3, -0.25) is 0 Å². The lowest BCUT2D eigenvalue weighted by atomic mass is 9.91. The quantitative estimate of drug-likeness (QED) is 0.729. The Morgan fingerprint density at radius 2 is 1.64 bits per heavy atom. The van der Waals surface area contributed by atoms with Crippen LogP contribution >= 0.6 is 0 Å². The SMILES string of the molecule is CC.CNC(=O)OC(C)(C)C.Cc1ccc2c(c1)CCCC2. The van der Waals surface area contributed by atoms with Crippen LogP contribution in [-0.4, -0.2) is 18.7 Å². The molecule has 3 heteroatoms. The zero-order chi connectivity index (χ0) is 17.2. The zero-order valence-electron chi connectivity index (χ0n) is 15.4. The van der Waals surface area contributed by atoms with E-state index in [1.165, 1.54) is 38.3 Å². The maximum Gasteiger partial charge on any atom is 0.407 e. The maximum absolute atomic E-state index is 10.5. The summed E-state index contributed by atoms with van der Waals surface area (Å²) in [6, 6.07) is 6.86. The van der Waals surface area contributed by atoms with Gasteiger partial charge in [-0.2, -0.15) is 0 Å². The van der Waals surface area contributed by atoms with Crippen LogP contribution in [0.3, 0.4) is 0 Å². The number of aryl methyl sites for hydroxylation is 3. The number of nitrogens with one attached hydrogen (secondary N) is 1. The Balaban J connectivity index is 0.000000369. The third kappa shape index (κ3) is 8.71. The second kappa shape index (κ2) is 10.3. The Hall–Kier alpha value is -1.51. The van der Waals surface area contributed by atoms with E-state index in [4.69, 9.17) is 4.74 Å². The van der Waals surface area contributed by atoms with Gasteiger partial charge in [-0.25, -0.2) is 4.79 Å². The van der Waals surface area contributed by atoms with Gasteiger partial charge in [0.15, 0.2) is 0 Å². The Kier molecular flexibility index (Phi) is 9.55. The molecule has 1 amide bonds. The standard InChI is InChI=1S/C11H14.C6H13NO2.C2H6/c1-9-6-7-10-4-2-3-5-11(10)8-9;1-6(2,3)9-5(8)7-4;1-2/h6-8H,2-5H2,1H3;1-4H3,(H,7,8);1-2H3. The molecule has 0 aliphatic heterocycles. The van der Waals surface area contributed by atoms with Crippen molar-refractivity contribution in [1.82, 2.24) is 5.32 Å². The van der Waals surface area contributed by atoms with Gasteiger partial charge in [-0.1, -0.05) is 37.6 Å². The van der Waals surface area contributed by atoms with Crippen LogP contribution in [0.25, 0.3) is 0 Å². The molecule has 0 unspecified atom stereocenters. The van der Waals surface area contributed by atoms with E-state index in [1.54, 1.807) is 11.1 Å². The van der Waals surface area contributed by atoms with Crippen molar-refractivity contribution in [2.24, 2.45) is 0 Å². The van der Waals surface area contributed by atoms with E-state index in [9.17, 15) is 4.79 Å². The van der Waals surface area contributed by atoms with Crippen molar-refractivity contribution in [3.63, 3.8) is 0 Å². The Morgan fingerprint density at radius 3 is 2.09 bits per heavy atom. The van der Waals surface area contributed by atoms with Crippen molar-refractivity contribution in [3.8, 4) is 0 Å². The van der Waals surface area contributed by atoms with E-state index >= 15 is 0 Å². The van der Waals surface area contributed by atoms with Crippen LogP contribution in [-0.2, 0) is 17.6 Å². The lowest BCUT2D eigenvalue weighted by molar-refractivity contribution is 0.0541. The second-order valence-electron chi connectivity index (χ2n) is 6.23. The molecule has 1 aliphatic rings. The van der Waals surface area contributed by atoms with Gasteiger partial charge >= 0.3 is 6.09 Å². The molecule has 1 aromatic carbocycles. The second-order valence-corrected chi connectivity index (χ2v) is 6.23. The Labute approximate surface area is 136 Å². The predicted octanol–water partition coefficient (Wildman–Crippen LogP) is 5.04. The molecule has 0 saturated heterocycles. The number of amides is 1. The van der Waals surface area contributed by atoms with Gasteiger partial charge in [-0.05, 0) is 64.5 Å². The smallest absolute Gasteiger partial charge is 0.407 e. The van der Waals surface area contributed by atoms with E-state index in [0.717, 1.165) is 0 Å². The van der Waals surface area contributed by atoms with E-state index in [-0.39, 0.29) is 11.7 Å². The number of carbonyl (C=O) groups excluding carboxylic acids is 1. The molecule has 3 nitrogen and oxygen atoms in total. The summed E-state index contributed by atoms with van der Waals surface area (Å²) in [4.78, 5) is 10.5.